The van der Waals surface area contributed by atoms with E-state index < -0.39 is 0 Å². The van der Waals surface area contributed by atoms with Crippen molar-refractivity contribution < 1.29 is 0 Å². The second-order valence-corrected chi connectivity index (χ2v) is 8.14. The molecule has 2 rings (SSSR count). The summed E-state index contributed by atoms with van der Waals surface area (Å²) in [6.45, 7) is 10.5. The minimum atomic E-state index is 0.269. The van der Waals surface area contributed by atoms with Crippen LogP contribution in [0.15, 0.2) is 0 Å². The van der Waals surface area contributed by atoms with Crippen molar-refractivity contribution in [2.75, 3.05) is 31.1 Å². The Labute approximate surface area is 117 Å². The van der Waals surface area contributed by atoms with Crippen LogP contribution in [0.3, 0.4) is 0 Å². The maximum atomic E-state index is 6.23. The maximum Gasteiger partial charge on any atom is 0.0427 e. The van der Waals surface area contributed by atoms with Crippen molar-refractivity contribution in [2.45, 2.75) is 52.0 Å². The first-order chi connectivity index (χ1) is 8.51. The highest BCUT2D eigenvalue weighted by Gasteiger charge is 2.44. The van der Waals surface area contributed by atoms with Gasteiger partial charge in [0, 0.05) is 24.4 Å². The van der Waals surface area contributed by atoms with Crippen LogP contribution in [0.25, 0.3) is 0 Å². The van der Waals surface area contributed by atoms with E-state index in [1.165, 1.54) is 50.3 Å². The predicted molar refractivity (Wildman–Crippen MR) is 82.1 cm³/mol. The second kappa shape index (κ2) is 5.72. The van der Waals surface area contributed by atoms with Crippen LogP contribution in [0.4, 0.5) is 0 Å². The Morgan fingerprint density at radius 3 is 2.50 bits per heavy atom. The zero-order chi connectivity index (χ0) is 13.2. The highest BCUT2D eigenvalue weighted by Crippen LogP contribution is 2.43. The zero-order valence-electron chi connectivity index (χ0n) is 12.4. The third kappa shape index (κ3) is 3.43. The average Bonchev–Trinajstić information content (AvgIpc) is 3.11. The van der Waals surface area contributed by atoms with Gasteiger partial charge in [0.2, 0.25) is 0 Å². The van der Waals surface area contributed by atoms with Crippen molar-refractivity contribution >= 4 is 11.8 Å². The van der Waals surface area contributed by atoms with Crippen LogP contribution >= 0.6 is 11.8 Å². The van der Waals surface area contributed by atoms with Gasteiger partial charge in [0.1, 0.15) is 0 Å². The molecule has 1 heterocycles. The van der Waals surface area contributed by atoms with Gasteiger partial charge in [-0.05, 0) is 49.3 Å². The van der Waals surface area contributed by atoms with E-state index >= 15 is 0 Å². The Bertz CT molecular complexity index is 276. The number of hydrogen-bond donors (Lipinski definition) is 1. The number of hydrogen-bond acceptors (Lipinski definition) is 3. The van der Waals surface area contributed by atoms with Crippen molar-refractivity contribution in [2.24, 2.45) is 17.1 Å². The Balaban J connectivity index is 2.10. The summed E-state index contributed by atoms with van der Waals surface area (Å²) in [5.41, 5.74) is 6.94. The molecule has 0 bridgehead atoms. The molecule has 0 amide bonds. The summed E-state index contributed by atoms with van der Waals surface area (Å²) in [4.78, 5) is 2.75. The monoisotopic (exact) mass is 270 g/mol. The largest absolute Gasteiger partial charge is 0.329 e. The molecule has 106 valence electrons. The first-order valence-electron chi connectivity index (χ1n) is 7.54. The van der Waals surface area contributed by atoms with Gasteiger partial charge in [0.15, 0.2) is 0 Å². The lowest BCUT2D eigenvalue weighted by Crippen LogP contribution is -2.60. The molecular weight excluding hydrogens is 240 g/mol. The van der Waals surface area contributed by atoms with E-state index in [0.29, 0.717) is 5.41 Å². The van der Waals surface area contributed by atoms with Gasteiger partial charge < -0.3 is 5.73 Å². The molecule has 1 saturated heterocycles. The molecular formula is C15H30N2S. The van der Waals surface area contributed by atoms with Crippen LogP contribution in [-0.4, -0.2) is 41.6 Å². The van der Waals surface area contributed by atoms with E-state index in [9.17, 15) is 0 Å². The Kier molecular flexibility index (Phi) is 4.66. The third-order valence-electron chi connectivity index (χ3n) is 4.39. The zero-order valence-corrected chi connectivity index (χ0v) is 13.2. The highest BCUT2D eigenvalue weighted by molar-refractivity contribution is 7.99. The minimum absolute atomic E-state index is 0.269. The van der Waals surface area contributed by atoms with Crippen LogP contribution in [0.1, 0.15) is 46.5 Å². The Morgan fingerprint density at radius 2 is 2.00 bits per heavy atom. The fourth-order valence-electron chi connectivity index (χ4n) is 3.38. The predicted octanol–water partition coefficient (Wildman–Crippen LogP) is 2.97. The summed E-state index contributed by atoms with van der Waals surface area (Å²) in [7, 11) is 0. The molecule has 3 heteroatoms. The molecule has 0 radical (unpaired) electrons. The third-order valence-corrected chi connectivity index (χ3v) is 6.12. The number of nitrogens with two attached hydrogens (primary N) is 1. The average molecular weight is 270 g/mol. The molecule has 0 aromatic rings. The van der Waals surface area contributed by atoms with Crippen LogP contribution in [0.2, 0.25) is 0 Å². The fourth-order valence-corrected chi connectivity index (χ4v) is 4.92. The molecule has 0 aromatic carbocycles. The number of rotatable bonds is 6. The quantitative estimate of drug-likeness (QED) is 0.804. The van der Waals surface area contributed by atoms with E-state index in [0.717, 1.165) is 12.5 Å². The van der Waals surface area contributed by atoms with Crippen LogP contribution in [0, 0.1) is 11.3 Å². The molecule has 1 aliphatic carbocycles. The molecule has 0 aromatic heterocycles. The smallest absolute Gasteiger partial charge is 0.0427 e. The summed E-state index contributed by atoms with van der Waals surface area (Å²) in [6.07, 6.45) is 5.41. The summed E-state index contributed by atoms with van der Waals surface area (Å²) < 4.78 is 0. The van der Waals surface area contributed by atoms with E-state index in [4.69, 9.17) is 5.73 Å². The van der Waals surface area contributed by atoms with Crippen LogP contribution < -0.4 is 5.73 Å². The molecule has 1 aliphatic heterocycles. The van der Waals surface area contributed by atoms with Gasteiger partial charge in [-0.2, -0.15) is 11.8 Å². The van der Waals surface area contributed by atoms with Gasteiger partial charge >= 0.3 is 0 Å². The van der Waals surface area contributed by atoms with Gasteiger partial charge in [-0.25, -0.2) is 0 Å². The molecule has 2 fully saturated rings. The molecule has 18 heavy (non-hydrogen) atoms. The lowest BCUT2D eigenvalue weighted by molar-refractivity contribution is 0.0638. The minimum Gasteiger partial charge on any atom is -0.329 e. The normalized spacial score (nSPS) is 31.8. The van der Waals surface area contributed by atoms with E-state index in [1.807, 2.05) is 0 Å². The standard InChI is InChI=1S/C15H30N2S/c1-4-7-17(8-13-5-6-13)15(10-16)9-14(2,3)11-18-12-15/h13H,4-12,16H2,1-3H3. The molecule has 2 N–H and O–H groups in total. The number of thioether (sulfide) groups is 1. The summed E-state index contributed by atoms with van der Waals surface area (Å²) >= 11 is 2.11. The van der Waals surface area contributed by atoms with E-state index in [1.54, 1.807) is 0 Å². The maximum absolute atomic E-state index is 6.23. The molecule has 0 spiro atoms. The molecule has 1 atom stereocenters. The van der Waals surface area contributed by atoms with Gasteiger partial charge in [-0.3, -0.25) is 4.90 Å². The topological polar surface area (TPSA) is 29.3 Å². The van der Waals surface area contributed by atoms with E-state index in [-0.39, 0.29) is 5.54 Å². The lowest BCUT2D eigenvalue weighted by Gasteiger charge is -2.51. The van der Waals surface area contributed by atoms with Gasteiger partial charge in [-0.1, -0.05) is 20.8 Å². The SMILES string of the molecule is CCCN(CC1CC1)C1(CN)CSCC(C)(C)C1. The van der Waals surface area contributed by atoms with Crippen molar-refractivity contribution in [3.8, 4) is 0 Å². The van der Waals surface area contributed by atoms with Crippen molar-refractivity contribution in [3.63, 3.8) is 0 Å². The molecule has 2 nitrogen and oxygen atoms in total. The van der Waals surface area contributed by atoms with Gasteiger partial charge in [0.05, 0.1) is 0 Å². The highest BCUT2D eigenvalue weighted by atomic mass is 32.2. The molecule has 1 unspecified atom stereocenters. The molecule has 1 saturated carbocycles. The van der Waals surface area contributed by atoms with Gasteiger partial charge in [-0.15, -0.1) is 0 Å². The Hall–Kier alpha value is 0.270. The van der Waals surface area contributed by atoms with Crippen molar-refractivity contribution in [1.29, 1.82) is 0 Å². The summed E-state index contributed by atoms with van der Waals surface area (Å²) in [5, 5.41) is 0. The molecule has 2 aliphatic rings. The lowest BCUT2D eigenvalue weighted by atomic mass is 9.78. The first kappa shape index (κ1) is 14.7. The fraction of sp³-hybridized carbons (Fsp3) is 1.00. The van der Waals surface area contributed by atoms with Crippen molar-refractivity contribution in [3.05, 3.63) is 0 Å². The van der Waals surface area contributed by atoms with E-state index in [2.05, 4.69) is 37.4 Å². The second-order valence-electron chi connectivity index (χ2n) is 7.15. The van der Waals surface area contributed by atoms with Crippen LogP contribution in [-0.2, 0) is 0 Å². The van der Waals surface area contributed by atoms with Gasteiger partial charge in [0.25, 0.3) is 0 Å². The Morgan fingerprint density at radius 1 is 1.28 bits per heavy atom. The summed E-state index contributed by atoms with van der Waals surface area (Å²) in [6, 6.07) is 0. The summed E-state index contributed by atoms with van der Waals surface area (Å²) in [5.74, 6) is 3.49. The van der Waals surface area contributed by atoms with Crippen molar-refractivity contribution in [1.82, 2.24) is 4.90 Å². The van der Waals surface area contributed by atoms with Crippen LogP contribution in [0.5, 0.6) is 0 Å². The number of nitrogens with zero attached hydrogens (tertiary/aromatic N) is 1. The first-order valence-corrected chi connectivity index (χ1v) is 8.70.